The number of fused-ring (bicyclic) bond motifs is 4. The van der Waals surface area contributed by atoms with Gasteiger partial charge in [0.2, 0.25) is 0 Å². The van der Waals surface area contributed by atoms with Gasteiger partial charge < -0.3 is 10.2 Å². The van der Waals surface area contributed by atoms with Crippen molar-refractivity contribution in [1.82, 2.24) is 4.98 Å². The molecule has 0 saturated heterocycles. The molecule has 1 aliphatic rings. The first-order valence-corrected chi connectivity index (χ1v) is 7.44. The van der Waals surface area contributed by atoms with Gasteiger partial charge in [-0.05, 0) is 37.1 Å². The Morgan fingerprint density at radius 2 is 1.73 bits per heavy atom. The van der Waals surface area contributed by atoms with Gasteiger partial charge in [-0.25, -0.2) is 4.98 Å². The Kier molecular flexibility index (Phi) is 2.83. The first kappa shape index (κ1) is 13.4. The van der Waals surface area contributed by atoms with Gasteiger partial charge in [0, 0.05) is 16.5 Å². The van der Waals surface area contributed by atoms with E-state index in [1.54, 1.807) is 0 Å². The van der Waals surface area contributed by atoms with E-state index in [1.807, 2.05) is 50.2 Å². The molecule has 3 aromatic rings. The maximum absolute atomic E-state index is 10.6. The third kappa shape index (κ3) is 1.73. The molecule has 0 amide bonds. The quantitative estimate of drug-likeness (QED) is 0.665. The summed E-state index contributed by atoms with van der Waals surface area (Å²) < 4.78 is 0. The summed E-state index contributed by atoms with van der Waals surface area (Å²) in [6.45, 7) is 4.03. The normalized spacial score (nSPS) is 19.8. The average molecular weight is 291 g/mol. The van der Waals surface area contributed by atoms with E-state index in [0.29, 0.717) is 0 Å². The molecule has 4 rings (SSSR count). The van der Waals surface area contributed by atoms with Crippen molar-refractivity contribution in [2.45, 2.75) is 26.1 Å². The van der Waals surface area contributed by atoms with E-state index in [1.165, 1.54) is 0 Å². The molecule has 22 heavy (non-hydrogen) atoms. The highest BCUT2D eigenvalue weighted by atomic mass is 16.3. The van der Waals surface area contributed by atoms with Crippen LogP contribution in [-0.4, -0.2) is 15.2 Å². The molecule has 2 atom stereocenters. The average Bonchev–Trinajstić information content (AvgIpc) is 2.53. The zero-order valence-electron chi connectivity index (χ0n) is 12.5. The van der Waals surface area contributed by atoms with Gasteiger partial charge in [-0.15, -0.1) is 0 Å². The van der Waals surface area contributed by atoms with Crippen molar-refractivity contribution in [3.63, 3.8) is 0 Å². The molecular formula is C19H17NO2. The van der Waals surface area contributed by atoms with E-state index in [4.69, 9.17) is 4.98 Å². The highest BCUT2D eigenvalue weighted by molar-refractivity contribution is 5.89. The molecule has 1 aromatic heterocycles. The Balaban J connectivity index is 2.14. The fourth-order valence-corrected chi connectivity index (χ4v) is 3.42. The van der Waals surface area contributed by atoms with Gasteiger partial charge in [-0.2, -0.15) is 0 Å². The largest absolute Gasteiger partial charge is 0.385 e. The molecule has 0 aliphatic heterocycles. The number of hydrogen-bond donors (Lipinski definition) is 2. The van der Waals surface area contributed by atoms with Crippen molar-refractivity contribution in [1.29, 1.82) is 0 Å². The molecule has 0 fully saturated rings. The molecule has 0 radical (unpaired) electrons. The SMILES string of the molecule is Cc1ccc2nc3c(c(C)c2c1)[C@H](O)[C@@H](O)c1ccccc1-3. The van der Waals surface area contributed by atoms with Crippen LogP contribution in [-0.2, 0) is 0 Å². The van der Waals surface area contributed by atoms with Crippen molar-refractivity contribution in [3.8, 4) is 11.3 Å². The van der Waals surface area contributed by atoms with Crippen molar-refractivity contribution in [2.24, 2.45) is 0 Å². The minimum absolute atomic E-state index is 0.737. The molecule has 0 saturated carbocycles. The third-order valence-corrected chi connectivity index (χ3v) is 4.58. The summed E-state index contributed by atoms with van der Waals surface area (Å²) >= 11 is 0. The second kappa shape index (κ2) is 4.63. The molecule has 3 heteroatoms. The molecule has 2 aromatic carbocycles. The molecule has 0 unspecified atom stereocenters. The van der Waals surface area contributed by atoms with Crippen LogP contribution in [0.4, 0.5) is 0 Å². The zero-order chi connectivity index (χ0) is 15.4. The Bertz CT molecular complexity index is 901. The van der Waals surface area contributed by atoms with Crippen LogP contribution < -0.4 is 0 Å². The molecular weight excluding hydrogens is 274 g/mol. The van der Waals surface area contributed by atoms with E-state index in [-0.39, 0.29) is 0 Å². The van der Waals surface area contributed by atoms with Gasteiger partial charge in [0.15, 0.2) is 0 Å². The van der Waals surface area contributed by atoms with Crippen LogP contribution in [0.5, 0.6) is 0 Å². The number of pyridine rings is 1. The monoisotopic (exact) mass is 291 g/mol. The minimum atomic E-state index is -0.942. The predicted molar refractivity (Wildman–Crippen MR) is 86.6 cm³/mol. The summed E-state index contributed by atoms with van der Waals surface area (Å²) in [6, 6.07) is 13.7. The van der Waals surface area contributed by atoms with Crippen LogP contribution in [0.15, 0.2) is 42.5 Å². The lowest BCUT2D eigenvalue weighted by molar-refractivity contribution is 0.0152. The van der Waals surface area contributed by atoms with Crippen molar-refractivity contribution in [2.75, 3.05) is 0 Å². The van der Waals surface area contributed by atoms with Crippen LogP contribution in [0.25, 0.3) is 22.2 Å². The summed E-state index contributed by atoms with van der Waals surface area (Å²) in [5, 5.41) is 22.1. The van der Waals surface area contributed by atoms with Crippen LogP contribution in [0, 0.1) is 13.8 Å². The van der Waals surface area contributed by atoms with Crippen molar-refractivity contribution < 1.29 is 10.2 Å². The second-order valence-electron chi connectivity index (χ2n) is 6.00. The molecule has 110 valence electrons. The summed E-state index contributed by atoms with van der Waals surface area (Å²) in [7, 11) is 0. The first-order chi connectivity index (χ1) is 10.6. The number of aryl methyl sites for hydroxylation is 2. The first-order valence-electron chi connectivity index (χ1n) is 7.44. The molecule has 0 bridgehead atoms. The van der Waals surface area contributed by atoms with Crippen LogP contribution in [0.3, 0.4) is 0 Å². The maximum Gasteiger partial charge on any atom is 0.111 e. The van der Waals surface area contributed by atoms with E-state index in [0.717, 1.165) is 44.4 Å². The highest BCUT2D eigenvalue weighted by Crippen LogP contribution is 2.46. The third-order valence-electron chi connectivity index (χ3n) is 4.58. The van der Waals surface area contributed by atoms with Gasteiger partial charge >= 0.3 is 0 Å². The molecule has 0 spiro atoms. The fourth-order valence-electron chi connectivity index (χ4n) is 3.42. The van der Waals surface area contributed by atoms with E-state index in [2.05, 4.69) is 6.07 Å². The lowest BCUT2D eigenvalue weighted by Crippen LogP contribution is -2.19. The Hall–Kier alpha value is -2.23. The summed E-state index contributed by atoms with van der Waals surface area (Å²) in [5.74, 6) is 0. The summed E-state index contributed by atoms with van der Waals surface area (Å²) in [5.41, 5.74) is 6.22. The minimum Gasteiger partial charge on any atom is -0.385 e. The van der Waals surface area contributed by atoms with Gasteiger partial charge in [0.25, 0.3) is 0 Å². The lowest BCUT2D eigenvalue weighted by Gasteiger charge is -2.30. The summed E-state index contributed by atoms with van der Waals surface area (Å²) in [6.07, 6.45) is -1.85. The number of rotatable bonds is 0. The molecule has 1 aliphatic carbocycles. The predicted octanol–water partition coefficient (Wildman–Crippen LogP) is 3.60. The maximum atomic E-state index is 10.6. The molecule has 2 N–H and O–H groups in total. The number of nitrogens with zero attached hydrogens (tertiary/aromatic N) is 1. The Morgan fingerprint density at radius 3 is 2.55 bits per heavy atom. The smallest absolute Gasteiger partial charge is 0.111 e. The van der Waals surface area contributed by atoms with Gasteiger partial charge in [0.05, 0.1) is 11.2 Å². The highest BCUT2D eigenvalue weighted by Gasteiger charge is 2.33. The van der Waals surface area contributed by atoms with Crippen LogP contribution in [0.1, 0.15) is 34.5 Å². The van der Waals surface area contributed by atoms with E-state index < -0.39 is 12.2 Å². The van der Waals surface area contributed by atoms with Crippen molar-refractivity contribution in [3.05, 3.63) is 64.7 Å². The van der Waals surface area contributed by atoms with Crippen LogP contribution in [0.2, 0.25) is 0 Å². The number of benzene rings is 2. The van der Waals surface area contributed by atoms with E-state index >= 15 is 0 Å². The fraction of sp³-hybridized carbons (Fsp3) is 0.211. The number of aliphatic hydroxyl groups excluding tert-OH is 2. The number of aliphatic hydroxyl groups is 2. The molecule has 1 heterocycles. The summed E-state index contributed by atoms with van der Waals surface area (Å²) in [4.78, 5) is 4.77. The van der Waals surface area contributed by atoms with Gasteiger partial charge in [-0.1, -0.05) is 35.9 Å². The Morgan fingerprint density at radius 1 is 0.955 bits per heavy atom. The molecule has 3 nitrogen and oxygen atoms in total. The lowest BCUT2D eigenvalue weighted by atomic mass is 9.82. The second-order valence-corrected chi connectivity index (χ2v) is 6.00. The number of aromatic nitrogens is 1. The standard InChI is InChI=1S/C19H17NO2/c1-10-7-8-15-14(9-10)11(2)16-17(20-15)12-5-3-4-6-13(12)18(21)19(16)22/h3-9,18-19,21-22H,1-2H3/t18-,19-/m0/s1. The Labute approximate surface area is 128 Å². The number of hydrogen-bond acceptors (Lipinski definition) is 3. The van der Waals surface area contributed by atoms with Gasteiger partial charge in [-0.3, -0.25) is 0 Å². The topological polar surface area (TPSA) is 53.4 Å². The van der Waals surface area contributed by atoms with Crippen LogP contribution >= 0.6 is 0 Å². The van der Waals surface area contributed by atoms with Gasteiger partial charge in [0.1, 0.15) is 12.2 Å². The van der Waals surface area contributed by atoms with Crippen molar-refractivity contribution >= 4 is 10.9 Å². The zero-order valence-corrected chi connectivity index (χ0v) is 12.5. The van der Waals surface area contributed by atoms with E-state index in [9.17, 15) is 10.2 Å².